The van der Waals surface area contributed by atoms with Gasteiger partial charge in [-0.1, -0.05) is 0 Å². The normalized spacial score (nSPS) is 23.2. The average molecular weight is 484 g/mol. The number of hydrogen-bond acceptors (Lipinski definition) is 6. The fourth-order valence-electron chi connectivity index (χ4n) is 5.86. The second-order valence-electron chi connectivity index (χ2n) is 10.6. The lowest BCUT2D eigenvalue weighted by Crippen LogP contribution is -2.50. The number of carbonyl (C=O) groups excluding carboxylic acids is 3. The van der Waals surface area contributed by atoms with E-state index >= 15 is 0 Å². The molecule has 0 aliphatic carbocycles. The molecule has 190 valence electrons. The smallest absolute Gasteiger partial charge is 0.328 e. The van der Waals surface area contributed by atoms with Crippen molar-refractivity contribution in [2.24, 2.45) is 11.3 Å². The molecular weight excluding hydrogens is 446 g/mol. The zero-order valence-corrected chi connectivity index (χ0v) is 20.7. The first-order chi connectivity index (χ1) is 17.0. The molecule has 0 radical (unpaired) electrons. The van der Waals surface area contributed by atoms with Crippen LogP contribution in [0.25, 0.3) is 0 Å². The van der Waals surface area contributed by atoms with Crippen LogP contribution in [-0.2, 0) is 4.79 Å². The van der Waals surface area contributed by atoms with Crippen LogP contribution in [0, 0.1) is 11.3 Å². The van der Waals surface area contributed by atoms with Crippen molar-refractivity contribution in [2.75, 3.05) is 64.4 Å². The van der Waals surface area contributed by atoms with Crippen LogP contribution in [0.2, 0.25) is 0 Å². The Labute approximate surface area is 207 Å². The monoisotopic (exact) mass is 483 g/mol. The summed E-state index contributed by atoms with van der Waals surface area (Å²) in [5.74, 6) is 1.07. The fraction of sp³-hybridized carbons (Fsp3) is 0.654. The van der Waals surface area contributed by atoms with E-state index < -0.39 is 6.03 Å². The summed E-state index contributed by atoms with van der Waals surface area (Å²) >= 11 is 0. The number of ether oxygens (including phenoxy) is 1. The Morgan fingerprint density at radius 3 is 2.40 bits per heavy atom. The van der Waals surface area contributed by atoms with E-state index in [4.69, 9.17) is 4.74 Å². The second-order valence-corrected chi connectivity index (χ2v) is 10.6. The van der Waals surface area contributed by atoms with Crippen LogP contribution in [-0.4, -0.2) is 87.1 Å². The molecule has 5 rings (SSSR count). The van der Waals surface area contributed by atoms with Crippen LogP contribution in [0.3, 0.4) is 0 Å². The number of benzene rings is 1. The molecule has 0 unspecified atom stereocenters. The number of anilines is 1. The highest BCUT2D eigenvalue weighted by Gasteiger charge is 2.39. The molecule has 0 aromatic heterocycles. The quantitative estimate of drug-likeness (QED) is 0.644. The van der Waals surface area contributed by atoms with Crippen molar-refractivity contribution < 1.29 is 19.1 Å². The molecule has 0 atom stereocenters. The molecule has 4 heterocycles. The maximum Gasteiger partial charge on any atom is 0.328 e. The molecule has 1 aromatic rings. The minimum Gasteiger partial charge on any atom is -0.495 e. The van der Waals surface area contributed by atoms with Crippen LogP contribution in [0.15, 0.2) is 18.2 Å². The molecule has 4 amide bonds. The second kappa shape index (κ2) is 10.1. The van der Waals surface area contributed by atoms with Crippen LogP contribution in [0.4, 0.5) is 10.5 Å². The topological polar surface area (TPSA) is 94.2 Å². The van der Waals surface area contributed by atoms with E-state index in [1.54, 1.807) is 18.2 Å². The predicted octanol–water partition coefficient (Wildman–Crippen LogP) is 2.07. The van der Waals surface area contributed by atoms with Gasteiger partial charge >= 0.3 is 6.03 Å². The van der Waals surface area contributed by atoms with Gasteiger partial charge in [-0.15, -0.1) is 0 Å². The Morgan fingerprint density at radius 2 is 1.77 bits per heavy atom. The van der Waals surface area contributed by atoms with Gasteiger partial charge in [0.05, 0.1) is 12.8 Å². The van der Waals surface area contributed by atoms with Gasteiger partial charge in [0, 0.05) is 31.6 Å². The number of amides is 4. The summed E-state index contributed by atoms with van der Waals surface area (Å²) in [6.45, 7) is 7.74. The molecule has 35 heavy (non-hydrogen) atoms. The van der Waals surface area contributed by atoms with E-state index in [-0.39, 0.29) is 24.8 Å². The van der Waals surface area contributed by atoms with Crippen LogP contribution >= 0.6 is 0 Å². The Kier molecular flexibility index (Phi) is 6.98. The number of carbonyl (C=O) groups is 3. The summed E-state index contributed by atoms with van der Waals surface area (Å²) in [6, 6.07) is 4.72. The van der Waals surface area contributed by atoms with Gasteiger partial charge in [-0.3, -0.25) is 19.8 Å². The van der Waals surface area contributed by atoms with Gasteiger partial charge in [-0.25, -0.2) is 4.79 Å². The first-order valence-electron chi connectivity index (χ1n) is 13.0. The van der Waals surface area contributed by atoms with Gasteiger partial charge < -0.3 is 19.9 Å². The Bertz CT molecular complexity index is 960. The first kappa shape index (κ1) is 24.1. The molecule has 1 spiro atoms. The van der Waals surface area contributed by atoms with Gasteiger partial charge in [0.15, 0.2) is 0 Å². The van der Waals surface area contributed by atoms with Gasteiger partial charge in [0.2, 0.25) is 5.91 Å². The molecule has 0 bridgehead atoms. The van der Waals surface area contributed by atoms with E-state index in [0.717, 1.165) is 31.8 Å². The van der Waals surface area contributed by atoms with E-state index in [2.05, 4.69) is 15.5 Å². The van der Waals surface area contributed by atoms with Gasteiger partial charge in [-0.2, -0.15) is 0 Å². The summed E-state index contributed by atoms with van der Waals surface area (Å²) in [4.78, 5) is 43.4. The van der Waals surface area contributed by atoms with E-state index in [9.17, 15) is 14.4 Å². The van der Waals surface area contributed by atoms with Gasteiger partial charge in [-0.05, 0) is 94.4 Å². The molecule has 4 fully saturated rings. The lowest BCUT2D eigenvalue weighted by Gasteiger charge is -2.47. The van der Waals surface area contributed by atoms with Crippen molar-refractivity contribution in [1.82, 2.24) is 20.4 Å². The van der Waals surface area contributed by atoms with Gasteiger partial charge in [0.1, 0.15) is 5.75 Å². The molecule has 4 aliphatic heterocycles. The highest BCUT2D eigenvalue weighted by molar-refractivity contribution is 6.07. The maximum atomic E-state index is 13.4. The van der Waals surface area contributed by atoms with Crippen LogP contribution < -0.4 is 20.3 Å². The van der Waals surface area contributed by atoms with Crippen molar-refractivity contribution in [3.8, 4) is 5.75 Å². The first-order valence-corrected chi connectivity index (χ1v) is 13.0. The molecule has 9 nitrogen and oxygen atoms in total. The predicted molar refractivity (Wildman–Crippen MR) is 133 cm³/mol. The number of nitrogens with one attached hydrogen (secondary N) is 2. The van der Waals surface area contributed by atoms with Gasteiger partial charge in [0.25, 0.3) is 5.91 Å². The highest BCUT2D eigenvalue weighted by Crippen LogP contribution is 2.42. The number of imide groups is 1. The number of methoxy groups -OCH3 is 1. The van der Waals surface area contributed by atoms with Crippen molar-refractivity contribution in [2.45, 2.75) is 38.5 Å². The van der Waals surface area contributed by atoms with E-state index in [0.29, 0.717) is 22.4 Å². The van der Waals surface area contributed by atoms with Crippen molar-refractivity contribution >= 4 is 23.5 Å². The number of nitrogens with zero attached hydrogens (tertiary/aromatic N) is 3. The Balaban J connectivity index is 1.18. The molecule has 4 aliphatic rings. The summed E-state index contributed by atoms with van der Waals surface area (Å²) in [5, 5.41) is 5.70. The molecule has 4 saturated heterocycles. The van der Waals surface area contributed by atoms with E-state index in [1.807, 2.05) is 4.90 Å². The summed E-state index contributed by atoms with van der Waals surface area (Å²) in [6.07, 6.45) is 6.09. The average Bonchev–Trinajstić information content (AvgIpc) is 2.84. The molecule has 1 aromatic carbocycles. The zero-order valence-electron chi connectivity index (χ0n) is 20.7. The number of likely N-dealkylation sites (tertiary alicyclic amines) is 2. The Morgan fingerprint density at radius 1 is 1.06 bits per heavy atom. The number of rotatable bonds is 6. The third-order valence-corrected chi connectivity index (χ3v) is 8.52. The summed E-state index contributed by atoms with van der Waals surface area (Å²) in [7, 11) is 1.53. The maximum absolute atomic E-state index is 13.4. The number of hydrogen-bond donors (Lipinski definition) is 2. The fourth-order valence-corrected chi connectivity index (χ4v) is 5.86. The standard InChI is InChI=1S/C26H37N5O4/c1-35-22-3-2-20(16-21(22)31-11-5-23(32)28-25(31)34)24(33)30-14-8-26(9-15-30)6-12-29(13-7-26)10-4-19-17-27-18-19/h2-3,16,19,27H,4-15,17-18H2,1H3,(H,28,32,34). The molecule has 9 heteroatoms. The lowest BCUT2D eigenvalue weighted by atomic mass is 9.71. The minimum absolute atomic E-state index is 0.0104. The summed E-state index contributed by atoms with van der Waals surface area (Å²) < 4.78 is 5.44. The lowest BCUT2D eigenvalue weighted by molar-refractivity contribution is -0.120. The third kappa shape index (κ3) is 5.16. The minimum atomic E-state index is -0.486. The zero-order chi connectivity index (χ0) is 24.4. The third-order valence-electron chi connectivity index (χ3n) is 8.52. The van der Waals surface area contributed by atoms with Crippen LogP contribution in [0.5, 0.6) is 5.75 Å². The van der Waals surface area contributed by atoms with Crippen molar-refractivity contribution in [1.29, 1.82) is 0 Å². The van der Waals surface area contributed by atoms with E-state index in [1.165, 1.54) is 64.0 Å². The summed E-state index contributed by atoms with van der Waals surface area (Å²) in [5.41, 5.74) is 1.43. The van der Waals surface area contributed by atoms with Crippen molar-refractivity contribution in [3.05, 3.63) is 23.8 Å². The largest absolute Gasteiger partial charge is 0.495 e. The molecular formula is C26H37N5O4. The van der Waals surface area contributed by atoms with Crippen LogP contribution in [0.1, 0.15) is 48.9 Å². The highest BCUT2D eigenvalue weighted by atomic mass is 16.5. The molecule has 2 N–H and O–H groups in total. The van der Waals surface area contributed by atoms with Crippen molar-refractivity contribution in [3.63, 3.8) is 0 Å². The Hall–Kier alpha value is -2.65. The molecule has 0 saturated carbocycles. The SMILES string of the molecule is COc1ccc(C(=O)N2CCC3(CCN(CCC4CNC4)CC3)CC2)cc1N1CCC(=O)NC1=O. The number of piperidine rings is 2. The number of urea groups is 1.